The number of nitrogens with one attached hydrogen (secondary N) is 2. The molecule has 0 aromatic rings. The van der Waals surface area contributed by atoms with Gasteiger partial charge in [-0.2, -0.15) is 0 Å². The monoisotopic (exact) mass is 341 g/mol. The van der Waals surface area contributed by atoms with E-state index in [2.05, 4.69) is 20.7 Å². The van der Waals surface area contributed by atoms with E-state index < -0.39 is 5.97 Å². The third kappa shape index (κ3) is 12.3. The Kier molecular flexibility index (Phi) is 13.0. The van der Waals surface area contributed by atoms with Crippen LogP contribution in [0.4, 0.5) is 0 Å². The molecule has 0 radical (unpaired) electrons. The van der Waals surface area contributed by atoms with Crippen LogP contribution in [0.25, 0.3) is 10.4 Å². The van der Waals surface area contributed by atoms with Crippen molar-refractivity contribution in [2.45, 2.75) is 57.9 Å². The first-order valence-electron chi connectivity index (χ1n) is 8.19. The largest absolute Gasteiger partial charge is 0.463 e. The second kappa shape index (κ2) is 14.3. The molecule has 0 spiro atoms. The smallest absolute Gasteiger partial charge is 0.306 e. The van der Waals surface area contributed by atoms with Crippen LogP contribution in [-0.2, 0) is 19.1 Å². The van der Waals surface area contributed by atoms with Gasteiger partial charge in [0.05, 0.1) is 12.5 Å². The van der Waals surface area contributed by atoms with Crippen molar-refractivity contribution >= 4 is 17.8 Å². The molecule has 1 unspecified atom stereocenters. The van der Waals surface area contributed by atoms with Crippen molar-refractivity contribution in [3.05, 3.63) is 10.4 Å². The molecule has 2 amide bonds. The average molecular weight is 341 g/mol. The molecule has 0 saturated heterocycles. The third-order valence-corrected chi connectivity index (χ3v) is 3.36. The second-order valence-corrected chi connectivity index (χ2v) is 5.29. The van der Waals surface area contributed by atoms with Crippen molar-refractivity contribution < 1.29 is 19.1 Å². The minimum atomic E-state index is -0.454. The number of carbonyl (C=O) groups is 3. The summed E-state index contributed by atoms with van der Waals surface area (Å²) in [7, 11) is 1.51. The van der Waals surface area contributed by atoms with E-state index in [1.54, 1.807) is 0 Å². The van der Waals surface area contributed by atoms with Crippen molar-refractivity contribution in [3.8, 4) is 0 Å². The summed E-state index contributed by atoms with van der Waals surface area (Å²) in [6, 6.07) is -0.232. The van der Waals surface area contributed by atoms with Gasteiger partial charge in [0.1, 0.15) is 6.61 Å². The van der Waals surface area contributed by atoms with Gasteiger partial charge in [0.25, 0.3) is 0 Å². The van der Waals surface area contributed by atoms with Crippen LogP contribution in [0.3, 0.4) is 0 Å². The highest BCUT2D eigenvalue weighted by Gasteiger charge is 2.13. The molecule has 0 fully saturated rings. The van der Waals surface area contributed by atoms with Crippen LogP contribution in [0.5, 0.6) is 0 Å². The molecule has 9 nitrogen and oxygen atoms in total. The minimum Gasteiger partial charge on any atom is -0.463 e. The third-order valence-electron chi connectivity index (χ3n) is 3.36. The van der Waals surface area contributed by atoms with E-state index in [-0.39, 0.29) is 37.3 Å². The summed E-state index contributed by atoms with van der Waals surface area (Å²) in [5.74, 6) is -0.760. The summed E-state index contributed by atoms with van der Waals surface area (Å²) in [6.45, 7) is 2.44. The van der Waals surface area contributed by atoms with Crippen molar-refractivity contribution in [1.82, 2.24) is 10.6 Å². The first-order valence-corrected chi connectivity index (χ1v) is 8.19. The molecule has 9 heteroatoms. The molecule has 0 aromatic heterocycles. The lowest BCUT2D eigenvalue weighted by atomic mass is 10.1. The van der Waals surface area contributed by atoms with Gasteiger partial charge < -0.3 is 15.4 Å². The number of hydrogen-bond donors (Lipinski definition) is 2. The standard InChI is InChI=1S/C15H27N5O4/c1-3-12(11-24-15(23)9-8-13(21)17-2)19-14(22)7-5-4-6-10-18-20-16/h12H,3-11H2,1-2H3,(H,17,21)(H,19,22). The summed E-state index contributed by atoms with van der Waals surface area (Å²) in [6.07, 6.45) is 3.44. The summed E-state index contributed by atoms with van der Waals surface area (Å²) in [4.78, 5) is 37.0. The number of azide groups is 1. The molecule has 0 aromatic carbocycles. The quantitative estimate of drug-likeness (QED) is 0.174. The maximum absolute atomic E-state index is 11.8. The van der Waals surface area contributed by atoms with Crippen LogP contribution in [0.15, 0.2) is 5.11 Å². The van der Waals surface area contributed by atoms with Crippen LogP contribution >= 0.6 is 0 Å². The number of unbranched alkanes of at least 4 members (excludes halogenated alkanes) is 2. The molecule has 24 heavy (non-hydrogen) atoms. The Labute approximate surface area is 142 Å². The predicted octanol–water partition coefficient (Wildman–Crippen LogP) is 1.82. The van der Waals surface area contributed by atoms with Crippen LogP contribution in [-0.4, -0.2) is 44.0 Å². The lowest BCUT2D eigenvalue weighted by Crippen LogP contribution is -2.38. The second-order valence-electron chi connectivity index (χ2n) is 5.29. The predicted molar refractivity (Wildman–Crippen MR) is 89.0 cm³/mol. The van der Waals surface area contributed by atoms with Gasteiger partial charge in [0.2, 0.25) is 11.8 Å². The number of carbonyl (C=O) groups excluding carboxylic acids is 3. The van der Waals surface area contributed by atoms with Crippen molar-refractivity contribution in [3.63, 3.8) is 0 Å². The number of ether oxygens (including phenoxy) is 1. The van der Waals surface area contributed by atoms with E-state index in [0.717, 1.165) is 19.3 Å². The van der Waals surface area contributed by atoms with E-state index in [4.69, 9.17) is 10.3 Å². The maximum atomic E-state index is 11.8. The zero-order chi connectivity index (χ0) is 18.2. The molecule has 0 aliphatic heterocycles. The van der Waals surface area contributed by atoms with Gasteiger partial charge in [-0.1, -0.05) is 18.5 Å². The van der Waals surface area contributed by atoms with E-state index in [1.807, 2.05) is 6.92 Å². The molecule has 136 valence electrons. The lowest BCUT2D eigenvalue weighted by Gasteiger charge is -2.17. The molecule has 0 aliphatic carbocycles. The Morgan fingerprint density at radius 1 is 1.12 bits per heavy atom. The molecular weight excluding hydrogens is 314 g/mol. The summed E-state index contributed by atoms with van der Waals surface area (Å²) >= 11 is 0. The van der Waals surface area contributed by atoms with Crippen molar-refractivity contribution in [2.24, 2.45) is 5.11 Å². The number of rotatable bonds is 13. The fourth-order valence-electron chi connectivity index (χ4n) is 1.86. The Morgan fingerprint density at radius 3 is 2.50 bits per heavy atom. The normalized spacial score (nSPS) is 11.1. The van der Waals surface area contributed by atoms with Crippen LogP contribution < -0.4 is 10.6 Å². The molecular formula is C15H27N5O4. The van der Waals surface area contributed by atoms with Gasteiger partial charge in [-0.3, -0.25) is 14.4 Å². The van der Waals surface area contributed by atoms with E-state index in [9.17, 15) is 14.4 Å². The SMILES string of the molecule is CCC(COC(=O)CCC(=O)NC)NC(=O)CCCCCN=[N+]=[N-]. The molecule has 2 N–H and O–H groups in total. The highest BCUT2D eigenvalue weighted by Crippen LogP contribution is 2.02. The molecule has 1 atom stereocenters. The van der Waals surface area contributed by atoms with Crippen LogP contribution in [0.2, 0.25) is 0 Å². The Morgan fingerprint density at radius 2 is 1.88 bits per heavy atom. The van der Waals surface area contributed by atoms with Crippen molar-refractivity contribution in [2.75, 3.05) is 20.2 Å². The van der Waals surface area contributed by atoms with Gasteiger partial charge >= 0.3 is 5.97 Å². The van der Waals surface area contributed by atoms with E-state index >= 15 is 0 Å². The van der Waals surface area contributed by atoms with E-state index in [1.165, 1.54) is 7.05 Å². The first-order chi connectivity index (χ1) is 11.5. The molecule has 0 saturated carbocycles. The van der Waals surface area contributed by atoms with Gasteiger partial charge in [0, 0.05) is 31.3 Å². The maximum Gasteiger partial charge on any atom is 0.306 e. The molecule has 0 aliphatic rings. The number of esters is 1. The Balaban J connectivity index is 3.87. The molecule has 0 rings (SSSR count). The number of nitrogens with zero attached hydrogens (tertiary/aromatic N) is 3. The average Bonchev–Trinajstić information content (AvgIpc) is 2.59. The zero-order valence-corrected chi connectivity index (χ0v) is 14.4. The van der Waals surface area contributed by atoms with Crippen LogP contribution in [0, 0.1) is 0 Å². The van der Waals surface area contributed by atoms with Gasteiger partial charge in [-0.15, -0.1) is 0 Å². The molecule has 0 heterocycles. The fourth-order valence-corrected chi connectivity index (χ4v) is 1.86. The minimum absolute atomic E-state index is 0.0230. The first kappa shape index (κ1) is 21.7. The zero-order valence-electron chi connectivity index (χ0n) is 14.4. The van der Waals surface area contributed by atoms with Gasteiger partial charge in [-0.25, -0.2) is 0 Å². The van der Waals surface area contributed by atoms with Crippen LogP contribution in [0.1, 0.15) is 51.9 Å². The number of hydrogen-bond acceptors (Lipinski definition) is 5. The Hall–Kier alpha value is -2.28. The van der Waals surface area contributed by atoms with E-state index in [0.29, 0.717) is 19.4 Å². The summed E-state index contributed by atoms with van der Waals surface area (Å²) < 4.78 is 5.08. The topological polar surface area (TPSA) is 133 Å². The van der Waals surface area contributed by atoms with Crippen molar-refractivity contribution in [1.29, 1.82) is 0 Å². The number of amides is 2. The summed E-state index contributed by atoms with van der Waals surface area (Å²) in [5, 5.41) is 8.68. The lowest BCUT2D eigenvalue weighted by molar-refractivity contribution is -0.146. The summed E-state index contributed by atoms with van der Waals surface area (Å²) in [5.41, 5.74) is 8.14. The van der Waals surface area contributed by atoms with Gasteiger partial charge in [-0.05, 0) is 24.8 Å². The highest BCUT2D eigenvalue weighted by molar-refractivity contribution is 5.81. The highest BCUT2D eigenvalue weighted by atomic mass is 16.5. The van der Waals surface area contributed by atoms with Gasteiger partial charge in [0.15, 0.2) is 0 Å². The fraction of sp³-hybridized carbons (Fsp3) is 0.800. The molecule has 0 bridgehead atoms. The Bertz CT molecular complexity index is 449.